The molecule has 41 heavy (non-hydrogen) atoms. The number of piperidine rings is 1. The van der Waals surface area contributed by atoms with Crippen LogP contribution in [0.5, 0.6) is 5.88 Å². The number of nitro benzene ring substituents is 1. The second kappa shape index (κ2) is 11.3. The van der Waals surface area contributed by atoms with Crippen LogP contribution in [-0.2, 0) is 6.42 Å². The molecule has 0 atom stereocenters. The van der Waals surface area contributed by atoms with E-state index < -0.39 is 4.92 Å². The highest BCUT2D eigenvalue weighted by molar-refractivity contribution is 6.22. The molecule has 3 aromatic carbocycles. The quantitative estimate of drug-likeness (QED) is 0.109. The number of fused-ring (bicyclic) bond motifs is 1. The maximum Gasteiger partial charge on any atom is 0.270 e. The number of nitrogens with one attached hydrogen (secondary N) is 2. The Kier molecular flexibility index (Phi) is 7.22. The molecular weight excluding hydrogens is 518 g/mol. The van der Waals surface area contributed by atoms with Crippen molar-refractivity contribution in [2.75, 3.05) is 24.5 Å². The molecule has 5 N–H and O–H groups in total. The van der Waals surface area contributed by atoms with Gasteiger partial charge < -0.3 is 25.7 Å². The van der Waals surface area contributed by atoms with Gasteiger partial charge in [-0.05, 0) is 61.6 Å². The lowest BCUT2D eigenvalue weighted by Crippen LogP contribution is -2.30. The Hall–Kier alpha value is -4.96. The van der Waals surface area contributed by atoms with Gasteiger partial charge in [-0.2, -0.15) is 0 Å². The predicted molar refractivity (Wildman–Crippen MR) is 161 cm³/mol. The van der Waals surface area contributed by atoms with Crippen LogP contribution >= 0.6 is 0 Å². The molecule has 5 aromatic rings. The maximum atomic E-state index is 11.5. The monoisotopic (exact) mass is 549 g/mol. The fraction of sp³-hybridized carbons (Fsp3) is 0.226. The summed E-state index contributed by atoms with van der Waals surface area (Å²) in [6.07, 6.45) is 6.22. The number of aromatic amines is 2. The van der Waals surface area contributed by atoms with E-state index in [-0.39, 0.29) is 11.6 Å². The van der Waals surface area contributed by atoms with Gasteiger partial charge in [0.15, 0.2) is 5.88 Å². The molecule has 2 aromatic heterocycles. The van der Waals surface area contributed by atoms with Gasteiger partial charge in [0.25, 0.3) is 5.69 Å². The Labute approximate surface area is 236 Å². The Bertz CT molecular complexity index is 1710. The van der Waals surface area contributed by atoms with E-state index in [1.54, 1.807) is 6.07 Å². The SMILES string of the molecule is NCCc1ccc(C(=Nc2ccc(-c3cnc(N4CCCCC4)[nH]3)cc2)c2c(O)[nH]c3ccc([N+](=O)[O-])cc23)cc1. The van der Waals surface area contributed by atoms with Crippen molar-refractivity contribution in [2.24, 2.45) is 10.7 Å². The molecule has 208 valence electrons. The third-order valence-corrected chi connectivity index (χ3v) is 7.51. The van der Waals surface area contributed by atoms with Crippen LogP contribution in [0.15, 0.2) is 77.9 Å². The number of rotatable bonds is 8. The van der Waals surface area contributed by atoms with Crippen LogP contribution in [0.1, 0.15) is 36.0 Å². The van der Waals surface area contributed by atoms with E-state index in [0.29, 0.717) is 34.4 Å². The van der Waals surface area contributed by atoms with E-state index in [0.717, 1.165) is 47.8 Å². The molecule has 10 heteroatoms. The highest BCUT2D eigenvalue weighted by atomic mass is 16.6. The van der Waals surface area contributed by atoms with Crippen molar-refractivity contribution in [1.82, 2.24) is 15.0 Å². The lowest BCUT2D eigenvalue weighted by atomic mass is 9.98. The Morgan fingerprint density at radius 3 is 2.49 bits per heavy atom. The van der Waals surface area contributed by atoms with Crippen molar-refractivity contribution in [3.05, 3.63) is 99.7 Å². The minimum absolute atomic E-state index is 0.0665. The Balaban J connectivity index is 1.39. The van der Waals surface area contributed by atoms with Gasteiger partial charge in [0.1, 0.15) is 0 Å². The number of imidazole rings is 1. The smallest absolute Gasteiger partial charge is 0.270 e. The molecule has 1 saturated heterocycles. The van der Waals surface area contributed by atoms with Crippen LogP contribution in [0.25, 0.3) is 22.2 Å². The number of nitrogens with zero attached hydrogens (tertiary/aromatic N) is 4. The number of anilines is 1. The second-order valence-electron chi connectivity index (χ2n) is 10.2. The number of nitrogens with two attached hydrogens (primary N) is 1. The van der Waals surface area contributed by atoms with Gasteiger partial charge >= 0.3 is 0 Å². The molecule has 10 nitrogen and oxygen atoms in total. The van der Waals surface area contributed by atoms with Gasteiger partial charge in [0.2, 0.25) is 5.95 Å². The predicted octanol–water partition coefficient (Wildman–Crippen LogP) is 5.83. The summed E-state index contributed by atoms with van der Waals surface area (Å²) in [5, 5.41) is 23.0. The number of aromatic nitrogens is 3. The van der Waals surface area contributed by atoms with E-state index >= 15 is 0 Å². The highest BCUT2D eigenvalue weighted by Crippen LogP contribution is 2.34. The molecule has 1 aliphatic rings. The van der Waals surface area contributed by atoms with E-state index in [2.05, 4.69) is 19.9 Å². The van der Waals surface area contributed by atoms with Crippen molar-refractivity contribution in [3.8, 4) is 17.1 Å². The summed E-state index contributed by atoms with van der Waals surface area (Å²) in [6.45, 7) is 2.57. The standard InChI is InChI=1S/C31H31N7O3/c32-15-14-20-4-6-22(7-5-20)29(28-25-18-24(38(40)41)12-13-26(25)35-30(28)39)34-23-10-8-21(9-11-23)27-19-33-31(36-27)37-16-2-1-3-17-37/h4-13,18-19,35,39H,1-3,14-17,32H2,(H,33,36). The Morgan fingerprint density at radius 2 is 1.78 bits per heavy atom. The molecule has 3 heterocycles. The van der Waals surface area contributed by atoms with E-state index in [1.165, 1.54) is 31.4 Å². The van der Waals surface area contributed by atoms with Gasteiger partial charge in [0, 0.05) is 41.7 Å². The highest BCUT2D eigenvalue weighted by Gasteiger charge is 2.21. The minimum atomic E-state index is -0.448. The van der Waals surface area contributed by atoms with Gasteiger partial charge in [-0.1, -0.05) is 36.4 Å². The molecule has 0 radical (unpaired) electrons. The zero-order valence-electron chi connectivity index (χ0n) is 22.5. The second-order valence-corrected chi connectivity index (χ2v) is 10.2. The van der Waals surface area contributed by atoms with Gasteiger partial charge in [0.05, 0.1) is 33.8 Å². The van der Waals surface area contributed by atoms with Crippen molar-refractivity contribution < 1.29 is 10.0 Å². The molecule has 1 aliphatic heterocycles. The fourth-order valence-electron chi connectivity index (χ4n) is 5.35. The summed E-state index contributed by atoms with van der Waals surface area (Å²) < 4.78 is 0. The largest absolute Gasteiger partial charge is 0.494 e. The maximum absolute atomic E-state index is 11.5. The lowest BCUT2D eigenvalue weighted by Gasteiger charge is -2.25. The first-order valence-electron chi connectivity index (χ1n) is 13.8. The molecule has 0 bridgehead atoms. The third kappa shape index (κ3) is 5.42. The van der Waals surface area contributed by atoms with Crippen LogP contribution < -0.4 is 10.6 Å². The number of hydrogen-bond acceptors (Lipinski definition) is 7. The first-order valence-corrected chi connectivity index (χ1v) is 13.8. The van der Waals surface area contributed by atoms with Gasteiger partial charge in [-0.3, -0.25) is 10.1 Å². The third-order valence-electron chi connectivity index (χ3n) is 7.51. The number of benzene rings is 3. The van der Waals surface area contributed by atoms with Crippen molar-refractivity contribution in [1.29, 1.82) is 0 Å². The van der Waals surface area contributed by atoms with Gasteiger partial charge in [-0.15, -0.1) is 0 Å². The summed E-state index contributed by atoms with van der Waals surface area (Å²) in [5.41, 5.74) is 11.6. The lowest BCUT2D eigenvalue weighted by molar-refractivity contribution is -0.384. The summed E-state index contributed by atoms with van der Waals surface area (Å²) in [7, 11) is 0. The zero-order chi connectivity index (χ0) is 28.3. The number of H-pyrrole nitrogens is 2. The molecule has 1 fully saturated rings. The Morgan fingerprint density at radius 1 is 1.02 bits per heavy atom. The number of nitro groups is 1. The van der Waals surface area contributed by atoms with Crippen molar-refractivity contribution in [2.45, 2.75) is 25.7 Å². The number of aromatic hydroxyl groups is 1. The molecule has 0 amide bonds. The van der Waals surface area contributed by atoms with E-state index in [9.17, 15) is 15.2 Å². The van der Waals surface area contributed by atoms with Gasteiger partial charge in [-0.25, -0.2) is 9.98 Å². The minimum Gasteiger partial charge on any atom is -0.494 e. The first-order chi connectivity index (χ1) is 20.0. The molecule has 0 saturated carbocycles. The van der Waals surface area contributed by atoms with Crippen LogP contribution in [0.2, 0.25) is 0 Å². The van der Waals surface area contributed by atoms with Crippen molar-refractivity contribution >= 4 is 33.9 Å². The summed E-state index contributed by atoms with van der Waals surface area (Å²) in [6, 6.07) is 20.1. The van der Waals surface area contributed by atoms with E-state index in [4.69, 9.17) is 10.7 Å². The average molecular weight is 550 g/mol. The van der Waals surface area contributed by atoms with Crippen molar-refractivity contribution in [3.63, 3.8) is 0 Å². The molecule has 6 rings (SSSR count). The normalized spacial score (nSPS) is 14.1. The summed E-state index contributed by atoms with van der Waals surface area (Å²) in [5.74, 6) is 0.788. The molecular formula is C31H31N7O3. The first kappa shape index (κ1) is 26.3. The van der Waals surface area contributed by atoms with E-state index in [1.807, 2.05) is 54.7 Å². The van der Waals surface area contributed by atoms with Crippen LogP contribution in [0.4, 0.5) is 17.3 Å². The average Bonchev–Trinajstić information content (AvgIpc) is 3.62. The molecule has 0 unspecified atom stereocenters. The molecule has 0 spiro atoms. The number of non-ortho nitro benzene ring substituents is 1. The molecule has 0 aliphatic carbocycles. The van der Waals surface area contributed by atoms with Crippen LogP contribution in [0, 0.1) is 10.1 Å². The van der Waals surface area contributed by atoms with Crippen LogP contribution in [-0.4, -0.2) is 50.3 Å². The number of hydrogen-bond donors (Lipinski definition) is 4. The summed E-state index contributed by atoms with van der Waals surface area (Å²) >= 11 is 0. The summed E-state index contributed by atoms with van der Waals surface area (Å²) in [4.78, 5) is 29.3. The number of aliphatic imine (C=N–C) groups is 1. The topological polar surface area (TPSA) is 149 Å². The fourth-order valence-corrected chi connectivity index (χ4v) is 5.35. The van der Waals surface area contributed by atoms with Crippen LogP contribution in [0.3, 0.4) is 0 Å². The zero-order valence-corrected chi connectivity index (χ0v) is 22.5.